The maximum atomic E-state index is 11.7. The van der Waals surface area contributed by atoms with Gasteiger partial charge in [-0.05, 0) is 31.1 Å². The molecule has 1 fully saturated rings. The Kier molecular flexibility index (Phi) is 4.75. The highest BCUT2D eigenvalue weighted by atomic mass is 32.2. The third kappa shape index (κ3) is 3.46. The van der Waals surface area contributed by atoms with Gasteiger partial charge in [0.25, 0.3) is 0 Å². The summed E-state index contributed by atoms with van der Waals surface area (Å²) in [5.41, 5.74) is 0. The van der Waals surface area contributed by atoms with Crippen molar-refractivity contribution in [3.63, 3.8) is 0 Å². The van der Waals surface area contributed by atoms with Gasteiger partial charge < -0.3 is 0 Å². The highest BCUT2D eigenvalue weighted by Crippen LogP contribution is 2.25. The molecular weight excluding hydrogens is 224 g/mol. The van der Waals surface area contributed by atoms with Crippen LogP contribution in [0.1, 0.15) is 33.1 Å². The van der Waals surface area contributed by atoms with Crippen LogP contribution in [0.2, 0.25) is 0 Å². The van der Waals surface area contributed by atoms with Gasteiger partial charge in [0.2, 0.25) is 10.0 Å². The van der Waals surface area contributed by atoms with Gasteiger partial charge in [0.05, 0.1) is 6.07 Å². The lowest BCUT2D eigenvalue weighted by Crippen LogP contribution is -2.33. The minimum absolute atomic E-state index is 0.390. The first-order chi connectivity index (χ1) is 7.47. The van der Waals surface area contributed by atoms with Crippen LogP contribution in [0.5, 0.6) is 0 Å². The predicted octanol–water partition coefficient (Wildman–Crippen LogP) is 1.60. The topological polar surface area (TPSA) is 61.2 Å². The SMILES string of the molecule is CC(C)C1CCCN(S(=O)(=O)CC#N)CC1. The smallest absolute Gasteiger partial charge is 0.211 e. The van der Waals surface area contributed by atoms with Crippen molar-refractivity contribution in [1.82, 2.24) is 4.31 Å². The summed E-state index contributed by atoms with van der Waals surface area (Å²) in [5, 5.41) is 8.49. The van der Waals surface area contributed by atoms with E-state index in [0.717, 1.165) is 19.3 Å². The van der Waals surface area contributed by atoms with Crippen LogP contribution in [-0.2, 0) is 10.0 Å². The van der Waals surface area contributed by atoms with Crippen LogP contribution in [0.25, 0.3) is 0 Å². The Hall–Kier alpha value is -0.600. The average molecular weight is 244 g/mol. The van der Waals surface area contributed by atoms with E-state index in [-0.39, 0.29) is 5.75 Å². The molecule has 1 aliphatic rings. The molecule has 0 aromatic rings. The second kappa shape index (κ2) is 5.65. The van der Waals surface area contributed by atoms with Gasteiger partial charge in [-0.25, -0.2) is 12.7 Å². The fourth-order valence-electron chi connectivity index (χ4n) is 2.21. The molecule has 0 radical (unpaired) electrons. The van der Waals surface area contributed by atoms with Gasteiger partial charge in [-0.1, -0.05) is 13.8 Å². The summed E-state index contributed by atoms with van der Waals surface area (Å²) in [6, 6.07) is 1.73. The zero-order valence-corrected chi connectivity index (χ0v) is 10.8. The van der Waals surface area contributed by atoms with Crippen molar-refractivity contribution in [2.24, 2.45) is 11.8 Å². The normalized spacial score (nSPS) is 24.0. The standard InChI is InChI=1S/C11H20N2O2S/c1-10(2)11-4-3-7-13(8-5-11)16(14,15)9-6-12/h10-11H,3-5,7-9H2,1-2H3. The Labute approximate surface area is 98.3 Å². The summed E-state index contributed by atoms with van der Waals surface area (Å²) in [6.45, 7) is 5.52. The molecule has 1 heterocycles. The first kappa shape index (κ1) is 13.5. The molecule has 4 nitrogen and oxygen atoms in total. The summed E-state index contributed by atoms with van der Waals surface area (Å²) in [5.74, 6) is 0.834. The summed E-state index contributed by atoms with van der Waals surface area (Å²) in [6.07, 6.45) is 2.92. The van der Waals surface area contributed by atoms with Crippen molar-refractivity contribution in [2.45, 2.75) is 33.1 Å². The van der Waals surface area contributed by atoms with Crippen molar-refractivity contribution in [1.29, 1.82) is 5.26 Å². The third-order valence-corrected chi connectivity index (χ3v) is 4.96. The zero-order valence-electron chi connectivity index (χ0n) is 10.0. The fourth-order valence-corrected chi connectivity index (χ4v) is 3.35. The van der Waals surface area contributed by atoms with Gasteiger partial charge in [-0.3, -0.25) is 0 Å². The second-order valence-corrected chi connectivity index (χ2v) is 6.72. The van der Waals surface area contributed by atoms with Crippen LogP contribution in [-0.4, -0.2) is 31.6 Å². The minimum Gasteiger partial charge on any atom is -0.211 e. The Balaban J connectivity index is 2.64. The van der Waals surface area contributed by atoms with E-state index in [4.69, 9.17) is 5.26 Å². The van der Waals surface area contributed by atoms with Crippen LogP contribution in [0.3, 0.4) is 0 Å². The molecule has 0 amide bonds. The first-order valence-corrected chi connectivity index (χ1v) is 7.43. The molecule has 0 N–H and O–H groups in total. The van der Waals surface area contributed by atoms with E-state index in [1.807, 2.05) is 0 Å². The lowest BCUT2D eigenvalue weighted by atomic mass is 9.89. The Morgan fingerprint density at radius 3 is 2.62 bits per heavy atom. The molecule has 1 aliphatic heterocycles. The molecule has 1 unspecified atom stereocenters. The molecular formula is C11H20N2O2S. The average Bonchev–Trinajstić information content (AvgIpc) is 2.42. The van der Waals surface area contributed by atoms with Gasteiger partial charge in [-0.2, -0.15) is 5.26 Å². The van der Waals surface area contributed by atoms with Crippen molar-refractivity contribution in [2.75, 3.05) is 18.8 Å². The Bertz CT molecular complexity index is 357. The molecule has 1 rings (SSSR count). The van der Waals surface area contributed by atoms with E-state index in [2.05, 4.69) is 13.8 Å². The first-order valence-electron chi connectivity index (χ1n) is 5.82. The van der Waals surface area contributed by atoms with Crippen LogP contribution in [0.4, 0.5) is 0 Å². The molecule has 5 heteroatoms. The van der Waals surface area contributed by atoms with Gasteiger partial charge in [0.1, 0.15) is 0 Å². The van der Waals surface area contributed by atoms with E-state index in [9.17, 15) is 8.42 Å². The molecule has 0 spiro atoms. The van der Waals surface area contributed by atoms with Gasteiger partial charge in [0, 0.05) is 13.1 Å². The Morgan fingerprint density at radius 2 is 2.06 bits per heavy atom. The maximum Gasteiger partial charge on any atom is 0.227 e. The summed E-state index contributed by atoms with van der Waals surface area (Å²) < 4.78 is 24.9. The quantitative estimate of drug-likeness (QED) is 0.757. The molecule has 0 aliphatic carbocycles. The highest BCUT2D eigenvalue weighted by molar-refractivity contribution is 7.89. The monoisotopic (exact) mass is 244 g/mol. The zero-order chi connectivity index (χ0) is 12.2. The van der Waals surface area contributed by atoms with Crippen molar-refractivity contribution in [3.05, 3.63) is 0 Å². The van der Waals surface area contributed by atoms with Crippen LogP contribution in [0.15, 0.2) is 0 Å². The van der Waals surface area contributed by atoms with E-state index in [0.29, 0.717) is 24.9 Å². The Morgan fingerprint density at radius 1 is 1.38 bits per heavy atom. The molecule has 0 saturated carbocycles. The molecule has 0 aromatic carbocycles. The van der Waals surface area contributed by atoms with Gasteiger partial charge in [-0.15, -0.1) is 0 Å². The summed E-state index contributed by atoms with van der Waals surface area (Å²) in [7, 11) is -3.33. The molecule has 16 heavy (non-hydrogen) atoms. The van der Waals surface area contributed by atoms with E-state index in [1.165, 1.54) is 4.31 Å². The number of rotatable bonds is 3. The van der Waals surface area contributed by atoms with Crippen molar-refractivity contribution in [3.8, 4) is 6.07 Å². The largest absolute Gasteiger partial charge is 0.227 e. The van der Waals surface area contributed by atoms with Crippen molar-refractivity contribution < 1.29 is 8.42 Å². The summed E-state index contributed by atoms with van der Waals surface area (Å²) in [4.78, 5) is 0. The lowest BCUT2D eigenvalue weighted by Gasteiger charge is -2.19. The second-order valence-electron chi connectivity index (χ2n) is 4.75. The maximum absolute atomic E-state index is 11.7. The fraction of sp³-hybridized carbons (Fsp3) is 0.909. The number of nitrogens with zero attached hydrogens (tertiary/aromatic N) is 2. The van der Waals surface area contributed by atoms with Gasteiger partial charge >= 0.3 is 0 Å². The molecule has 0 bridgehead atoms. The van der Waals surface area contributed by atoms with E-state index in [1.54, 1.807) is 6.07 Å². The van der Waals surface area contributed by atoms with Crippen LogP contribution < -0.4 is 0 Å². The third-order valence-electron chi connectivity index (χ3n) is 3.31. The molecule has 1 atom stereocenters. The number of sulfonamides is 1. The molecule has 0 aromatic heterocycles. The van der Waals surface area contributed by atoms with Gasteiger partial charge in [0.15, 0.2) is 5.75 Å². The number of hydrogen-bond acceptors (Lipinski definition) is 3. The number of hydrogen-bond donors (Lipinski definition) is 0. The van der Waals surface area contributed by atoms with E-state index >= 15 is 0 Å². The predicted molar refractivity (Wildman–Crippen MR) is 63.2 cm³/mol. The minimum atomic E-state index is -3.33. The number of nitriles is 1. The van der Waals surface area contributed by atoms with Crippen molar-refractivity contribution >= 4 is 10.0 Å². The summed E-state index contributed by atoms with van der Waals surface area (Å²) >= 11 is 0. The highest BCUT2D eigenvalue weighted by Gasteiger charge is 2.26. The van der Waals surface area contributed by atoms with Crippen LogP contribution >= 0.6 is 0 Å². The molecule has 92 valence electrons. The van der Waals surface area contributed by atoms with Crippen LogP contribution in [0, 0.1) is 23.2 Å². The van der Waals surface area contributed by atoms with E-state index < -0.39 is 10.0 Å². The lowest BCUT2D eigenvalue weighted by molar-refractivity contribution is 0.341. The molecule has 1 saturated heterocycles.